The Hall–Kier alpha value is -2.92. The number of methoxy groups -OCH3 is 2. The van der Waals surface area contributed by atoms with E-state index < -0.39 is 0 Å². The molecule has 0 aromatic carbocycles. The second kappa shape index (κ2) is 67.2. The molecule has 0 aliphatic carbocycles. The summed E-state index contributed by atoms with van der Waals surface area (Å²) in [6.45, 7) is 5.74. The molecule has 0 radical (unpaired) electrons. The molecule has 0 amide bonds. The van der Waals surface area contributed by atoms with Crippen molar-refractivity contribution in [2.75, 3.05) is 53.9 Å². The number of unbranched alkanes of at least 4 members (excludes halogenated alkanes) is 27. The van der Waals surface area contributed by atoms with Crippen molar-refractivity contribution < 1.29 is 73.1 Å². The largest absolute Gasteiger partial charge is 0.466 e. The van der Waals surface area contributed by atoms with Crippen LogP contribution in [0.25, 0.3) is 0 Å². The maximum atomic E-state index is 11.9. The standard InChI is InChI=1S/C40H74O7.C27H52O8/c1-3-5-7-17-24-31-38(47-44)32-25-19-14-10-12-16-21-27-34-40(43)46-36-28-35-45-39(42)33-26-20-15-11-9-13-18-23-30-37(41)29-22-8-6-4-2;1-32-24(22-28)16-11-7-3-5-9-13-18-26(30)34-20-15-21-35-27(31)19-14-10-6-4-8-12-17-25(23-29)33-2/h18-19,23,25,37-38,41,44H,3-17,20-22,24,26-36H2,1-2H3;24-25,28-29H,3-23H2,1-2H3/b23-18-,25-19-;. The van der Waals surface area contributed by atoms with E-state index in [1.807, 2.05) is 0 Å². The molecule has 4 N–H and O–H groups in total. The van der Waals surface area contributed by atoms with Crippen LogP contribution in [0.4, 0.5) is 0 Å². The first-order chi connectivity index (χ1) is 40.1. The Morgan fingerprint density at radius 1 is 0.354 bits per heavy atom. The van der Waals surface area contributed by atoms with Gasteiger partial charge in [-0.25, -0.2) is 4.89 Å². The third-order valence-electron chi connectivity index (χ3n) is 14.8. The molecular formula is C67H126O15. The molecule has 0 aromatic heterocycles. The average molecular weight is 1170 g/mol. The van der Waals surface area contributed by atoms with Crippen molar-refractivity contribution in [1.82, 2.24) is 0 Å². The Morgan fingerprint density at radius 2 is 0.646 bits per heavy atom. The van der Waals surface area contributed by atoms with Crippen molar-refractivity contribution in [3.8, 4) is 0 Å². The summed E-state index contributed by atoms with van der Waals surface area (Å²) in [4.78, 5) is 52.0. The summed E-state index contributed by atoms with van der Waals surface area (Å²) in [5.74, 6) is -0.705. The van der Waals surface area contributed by atoms with E-state index in [1.165, 1.54) is 44.9 Å². The normalized spacial score (nSPS) is 13.0. The van der Waals surface area contributed by atoms with Gasteiger partial charge in [-0.05, 0) is 89.9 Å². The number of carbonyl (C=O) groups is 4. The molecule has 0 saturated heterocycles. The van der Waals surface area contributed by atoms with Gasteiger partial charge >= 0.3 is 23.9 Å². The molecule has 82 heavy (non-hydrogen) atoms. The number of aliphatic hydroxyl groups excluding tert-OH is 3. The van der Waals surface area contributed by atoms with E-state index in [1.54, 1.807) is 14.2 Å². The number of allylic oxidation sites excluding steroid dienone is 2. The number of esters is 4. The molecule has 0 heterocycles. The first kappa shape index (κ1) is 81.1. The summed E-state index contributed by atoms with van der Waals surface area (Å²) in [6, 6.07) is 0. The van der Waals surface area contributed by atoms with Gasteiger partial charge in [0.15, 0.2) is 0 Å². The summed E-state index contributed by atoms with van der Waals surface area (Å²) in [7, 11) is 3.25. The predicted molar refractivity (Wildman–Crippen MR) is 331 cm³/mol. The molecule has 15 nitrogen and oxygen atoms in total. The van der Waals surface area contributed by atoms with E-state index >= 15 is 0 Å². The molecule has 4 atom stereocenters. The molecule has 0 saturated carbocycles. The molecule has 0 aliphatic heterocycles. The Kier molecular flexibility index (Phi) is 66.5. The summed E-state index contributed by atoms with van der Waals surface area (Å²) in [5.41, 5.74) is 0. The van der Waals surface area contributed by atoms with Crippen molar-refractivity contribution >= 4 is 23.9 Å². The topological polar surface area (TPSA) is 214 Å². The average Bonchev–Trinajstić information content (AvgIpc) is 3.47. The van der Waals surface area contributed by atoms with Crippen LogP contribution in [0, 0.1) is 0 Å². The Morgan fingerprint density at radius 3 is 0.988 bits per heavy atom. The maximum absolute atomic E-state index is 11.9. The van der Waals surface area contributed by atoms with Crippen LogP contribution in [-0.4, -0.2) is 123 Å². The van der Waals surface area contributed by atoms with Crippen molar-refractivity contribution in [3.63, 3.8) is 0 Å². The molecule has 4 unspecified atom stereocenters. The first-order valence-corrected chi connectivity index (χ1v) is 33.3. The lowest BCUT2D eigenvalue weighted by molar-refractivity contribution is -0.279. The smallest absolute Gasteiger partial charge is 0.305 e. The minimum Gasteiger partial charge on any atom is -0.466 e. The summed E-state index contributed by atoms with van der Waals surface area (Å²) >= 11 is 0. The Labute approximate surface area is 500 Å². The summed E-state index contributed by atoms with van der Waals surface area (Å²) in [6.07, 6.45) is 52.3. The molecule has 484 valence electrons. The Balaban J connectivity index is 0. The van der Waals surface area contributed by atoms with Crippen LogP contribution in [0.15, 0.2) is 24.3 Å². The van der Waals surface area contributed by atoms with Gasteiger partial charge < -0.3 is 43.7 Å². The molecule has 0 fully saturated rings. The van der Waals surface area contributed by atoms with E-state index in [2.05, 4.69) is 43.0 Å². The van der Waals surface area contributed by atoms with Gasteiger partial charge in [0.25, 0.3) is 0 Å². The fraction of sp³-hybridized carbons (Fsp3) is 0.881. The van der Waals surface area contributed by atoms with Crippen LogP contribution in [-0.2, 0) is 52.5 Å². The minimum absolute atomic E-state index is 0.0482. The number of hydrogen-bond acceptors (Lipinski definition) is 15. The molecule has 0 spiro atoms. The molecular weight excluding hydrogens is 1040 g/mol. The van der Waals surface area contributed by atoms with Crippen LogP contribution in [0.1, 0.15) is 303 Å². The molecule has 15 heteroatoms. The van der Waals surface area contributed by atoms with E-state index in [4.69, 9.17) is 43.9 Å². The van der Waals surface area contributed by atoms with Gasteiger partial charge in [0, 0.05) is 52.7 Å². The van der Waals surface area contributed by atoms with Gasteiger partial charge in [0.05, 0.1) is 64.1 Å². The van der Waals surface area contributed by atoms with Crippen LogP contribution in [0.3, 0.4) is 0 Å². The fourth-order valence-electron chi connectivity index (χ4n) is 9.39. The lowest BCUT2D eigenvalue weighted by atomic mass is 10.1. The highest BCUT2D eigenvalue weighted by Crippen LogP contribution is 2.17. The zero-order valence-corrected chi connectivity index (χ0v) is 53.0. The predicted octanol–water partition coefficient (Wildman–Crippen LogP) is 16.1. The van der Waals surface area contributed by atoms with Crippen molar-refractivity contribution in [3.05, 3.63) is 24.3 Å². The minimum atomic E-state index is -0.197. The van der Waals surface area contributed by atoms with Gasteiger partial charge in [-0.3, -0.25) is 24.4 Å². The van der Waals surface area contributed by atoms with Gasteiger partial charge in [0.2, 0.25) is 0 Å². The van der Waals surface area contributed by atoms with Crippen molar-refractivity contribution in [1.29, 1.82) is 0 Å². The first-order valence-electron chi connectivity index (χ1n) is 33.3. The van der Waals surface area contributed by atoms with Crippen molar-refractivity contribution in [2.45, 2.75) is 327 Å². The van der Waals surface area contributed by atoms with E-state index in [0.717, 1.165) is 205 Å². The zero-order valence-electron chi connectivity index (χ0n) is 53.0. The number of rotatable bonds is 62. The SMILES string of the molecule is CCCCCCCC(C/C=C\CCCCCCCC(=O)OCCCOC(=O)CCCCCCC/C=C\CC(O)CCCCCC)OO.COC(CO)CCCCCCCCC(=O)OCCCOC(=O)CCCCCCCCC(CO)OC. The maximum Gasteiger partial charge on any atom is 0.305 e. The lowest BCUT2D eigenvalue weighted by Gasteiger charge is -2.11. The summed E-state index contributed by atoms with van der Waals surface area (Å²) in [5, 5.41) is 37.2. The molecule has 0 aliphatic rings. The number of carbonyl (C=O) groups excluding carboxylic acids is 4. The van der Waals surface area contributed by atoms with E-state index in [0.29, 0.717) is 51.7 Å². The highest BCUT2D eigenvalue weighted by atomic mass is 17.1. The molecule has 0 rings (SSSR count). The van der Waals surface area contributed by atoms with E-state index in [-0.39, 0.29) is 74.7 Å². The third-order valence-corrected chi connectivity index (χ3v) is 14.8. The highest BCUT2D eigenvalue weighted by molar-refractivity contribution is 5.70. The van der Waals surface area contributed by atoms with Gasteiger partial charge in [-0.1, -0.05) is 199 Å². The quantitative estimate of drug-likeness (QED) is 0.0111. The van der Waals surface area contributed by atoms with Gasteiger partial charge in [-0.2, -0.15) is 0 Å². The third kappa shape index (κ3) is 63.1. The molecule has 0 aromatic rings. The van der Waals surface area contributed by atoms with E-state index in [9.17, 15) is 24.3 Å². The summed E-state index contributed by atoms with van der Waals surface area (Å²) < 4.78 is 31.2. The number of ether oxygens (including phenoxy) is 6. The van der Waals surface area contributed by atoms with Gasteiger partial charge in [-0.15, -0.1) is 0 Å². The molecule has 0 bridgehead atoms. The number of aliphatic hydroxyl groups is 3. The van der Waals surface area contributed by atoms with Crippen LogP contribution in [0.5, 0.6) is 0 Å². The number of hydrogen-bond donors (Lipinski definition) is 4. The second-order valence-corrected chi connectivity index (χ2v) is 22.5. The van der Waals surface area contributed by atoms with Crippen molar-refractivity contribution in [2.24, 2.45) is 0 Å². The van der Waals surface area contributed by atoms with Crippen LogP contribution < -0.4 is 0 Å². The van der Waals surface area contributed by atoms with Crippen LogP contribution >= 0.6 is 0 Å². The zero-order chi connectivity index (χ0) is 60.5. The van der Waals surface area contributed by atoms with Crippen LogP contribution in [0.2, 0.25) is 0 Å². The fourth-order valence-corrected chi connectivity index (χ4v) is 9.39. The second-order valence-electron chi connectivity index (χ2n) is 22.5. The monoisotopic (exact) mass is 1170 g/mol. The van der Waals surface area contributed by atoms with Gasteiger partial charge in [0.1, 0.15) is 0 Å². The highest BCUT2D eigenvalue weighted by Gasteiger charge is 2.10. The Bertz CT molecular complexity index is 1380. The lowest BCUT2D eigenvalue weighted by Crippen LogP contribution is -2.14.